The second-order valence-electron chi connectivity index (χ2n) is 5.71. The summed E-state index contributed by atoms with van der Waals surface area (Å²) < 4.78 is 5.82. The van der Waals surface area contributed by atoms with Gasteiger partial charge in [0.1, 0.15) is 5.75 Å². The number of ketones is 1. The third kappa shape index (κ3) is 2.97. The minimum absolute atomic E-state index is 0.0347. The second kappa shape index (κ2) is 6.09. The van der Waals surface area contributed by atoms with Gasteiger partial charge in [-0.05, 0) is 50.6 Å². The molecule has 0 aliphatic rings. The van der Waals surface area contributed by atoms with E-state index < -0.39 is 6.10 Å². The summed E-state index contributed by atoms with van der Waals surface area (Å²) in [5.41, 5.74) is 3.44. The van der Waals surface area contributed by atoms with Crippen LogP contribution in [0, 0.1) is 13.8 Å². The normalized spacial score (nSPS) is 12.3. The first kappa shape index (κ1) is 15.6. The maximum Gasteiger partial charge on any atom is 0.205 e. The number of halogens is 1. The van der Waals surface area contributed by atoms with E-state index in [4.69, 9.17) is 16.3 Å². The molecule has 0 bridgehead atoms. The SMILES string of the molecule is Cc1cc(O[C@H](C)C(=O)c2c(C)[nH]c3ccccc23)ccc1Cl. The summed E-state index contributed by atoms with van der Waals surface area (Å²) >= 11 is 6.02. The number of aryl methyl sites for hydroxylation is 2. The van der Waals surface area contributed by atoms with E-state index >= 15 is 0 Å². The molecule has 0 radical (unpaired) electrons. The molecule has 0 aliphatic carbocycles. The Morgan fingerprint density at radius 3 is 2.65 bits per heavy atom. The average molecular weight is 328 g/mol. The summed E-state index contributed by atoms with van der Waals surface area (Å²) in [4.78, 5) is 16.1. The van der Waals surface area contributed by atoms with Gasteiger partial charge in [0, 0.05) is 27.2 Å². The fourth-order valence-corrected chi connectivity index (χ4v) is 2.86. The minimum atomic E-state index is -0.575. The second-order valence-corrected chi connectivity index (χ2v) is 6.11. The molecule has 0 saturated heterocycles. The highest BCUT2D eigenvalue weighted by molar-refractivity contribution is 6.31. The molecule has 0 amide bonds. The lowest BCUT2D eigenvalue weighted by atomic mass is 10.0. The number of nitrogens with one attached hydrogen (secondary N) is 1. The molecule has 118 valence electrons. The molecule has 1 atom stereocenters. The molecule has 1 heterocycles. The van der Waals surface area contributed by atoms with Crippen LogP contribution in [0.5, 0.6) is 5.75 Å². The van der Waals surface area contributed by atoms with Gasteiger partial charge >= 0.3 is 0 Å². The van der Waals surface area contributed by atoms with Crippen LogP contribution < -0.4 is 4.74 Å². The number of rotatable bonds is 4. The Kier molecular flexibility index (Phi) is 4.14. The monoisotopic (exact) mass is 327 g/mol. The van der Waals surface area contributed by atoms with E-state index in [0.29, 0.717) is 16.3 Å². The molecule has 3 aromatic rings. The Bertz CT molecular complexity index is 882. The van der Waals surface area contributed by atoms with Crippen molar-refractivity contribution in [1.82, 2.24) is 4.98 Å². The summed E-state index contributed by atoms with van der Waals surface area (Å²) in [6.07, 6.45) is -0.575. The number of para-hydroxylation sites is 1. The summed E-state index contributed by atoms with van der Waals surface area (Å²) in [5, 5.41) is 1.61. The van der Waals surface area contributed by atoms with Gasteiger partial charge in [-0.3, -0.25) is 4.79 Å². The number of carbonyl (C=O) groups is 1. The number of Topliss-reactive ketones (excluding diaryl/α,β-unsaturated/α-hetero) is 1. The lowest BCUT2D eigenvalue weighted by molar-refractivity contribution is 0.0819. The largest absolute Gasteiger partial charge is 0.483 e. The van der Waals surface area contributed by atoms with Crippen LogP contribution in [0.3, 0.4) is 0 Å². The molecule has 1 N–H and O–H groups in total. The highest BCUT2D eigenvalue weighted by atomic mass is 35.5. The zero-order chi connectivity index (χ0) is 16.6. The number of hydrogen-bond acceptors (Lipinski definition) is 2. The van der Waals surface area contributed by atoms with Crippen molar-refractivity contribution in [3.8, 4) is 5.75 Å². The first-order chi connectivity index (χ1) is 11.0. The molecular formula is C19H18ClNO2. The van der Waals surface area contributed by atoms with E-state index in [1.807, 2.05) is 44.2 Å². The first-order valence-electron chi connectivity index (χ1n) is 7.51. The van der Waals surface area contributed by atoms with Crippen LogP contribution in [0.2, 0.25) is 5.02 Å². The van der Waals surface area contributed by atoms with Crippen molar-refractivity contribution in [2.24, 2.45) is 0 Å². The number of hydrogen-bond donors (Lipinski definition) is 1. The topological polar surface area (TPSA) is 42.1 Å². The molecule has 0 unspecified atom stereocenters. The maximum atomic E-state index is 12.8. The fourth-order valence-electron chi connectivity index (χ4n) is 2.75. The highest BCUT2D eigenvalue weighted by Gasteiger charge is 2.22. The summed E-state index contributed by atoms with van der Waals surface area (Å²) in [5.74, 6) is 0.609. The van der Waals surface area contributed by atoms with Crippen molar-refractivity contribution in [2.45, 2.75) is 26.9 Å². The first-order valence-corrected chi connectivity index (χ1v) is 7.89. The third-order valence-corrected chi connectivity index (χ3v) is 4.38. The predicted octanol–water partition coefficient (Wildman–Crippen LogP) is 5.09. The molecule has 0 saturated carbocycles. The molecule has 1 aromatic heterocycles. The Labute approximate surface area is 140 Å². The quantitative estimate of drug-likeness (QED) is 0.678. The smallest absolute Gasteiger partial charge is 0.205 e. The van der Waals surface area contributed by atoms with Crippen LogP contribution >= 0.6 is 11.6 Å². The van der Waals surface area contributed by atoms with Gasteiger partial charge < -0.3 is 9.72 Å². The van der Waals surface area contributed by atoms with Gasteiger partial charge in [-0.25, -0.2) is 0 Å². The van der Waals surface area contributed by atoms with Crippen LogP contribution in [-0.2, 0) is 0 Å². The van der Waals surface area contributed by atoms with Crippen molar-refractivity contribution in [1.29, 1.82) is 0 Å². The van der Waals surface area contributed by atoms with E-state index in [2.05, 4.69) is 4.98 Å². The lowest BCUT2D eigenvalue weighted by Crippen LogP contribution is -2.24. The molecule has 3 rings (SSSR count). The minimum Gasteiger partial charge on any atom is -0.483 e. The van der Waals surface area contributed by atoms with E-state index in [1.54, 1.807) is 19.1 Å². The van der Waals surface area contributed by atoms with E-state index in [-0.39, 0.29) is 5.78 Å². The summed E-state index contributed by atoms with van der Waals surface area (Å²) in [7, 11) is 0. The number of aromatic nitrogens is 1. The van der Waals surface area contributed by atoms with Crippen LogP contribution in [0.4, 0.5) is 0 Å². The molecule has 3 nitrogen and oxygen atoms in total. The number of aromatic amines is 1. The number of ether oxygens (including phenoxy) is 1. The molecule has 23 heavy (non-hydrogen) atoms. The molecule has 2 aromatic carbocycles. The van der Waals surface area contributed by atoms with E-state index in [0.717, 1.165) is 22.2 Å². The fraction of sp³-hybridized carbons (Fsp3) is 0.211. The van der Waals surface area contributed by atoms with Gasteiger partial charge in [0.05, 0.1) is 0 Å². The van der Waals surface area contributed by atoms with Crippen LogP contribution in [0.1, 0.15) is 28.5 Å². The summed E-state index contributed by atoms with van der Waals surface area (Å²) in [6.45, 7) is 5.59. The number of carbonyl (C=O) groups excluding carboxylic acids is 1. The van der Waals surface area contributed by atoms with Crippen LogP contribution in [-0.4, -0.2) is 16.9 Å². The van der Waals surface area contributed by atoms with Crippen molar-refractivity contribution < 1.29 is 9.53 Å². The van der Waals surface area contributed by atoms with Crippen molar-refractivity contribution in [3.63, 3.8) is 0 Å². The van der Waals surface area contributed by atoms with Gasteiger partial charge in [-0.15, -0.1) is 0 Å². The predicted molar refractivity (Wildman–Crippen MR) is 93.6 cm³/mol. The van der Waals surface area contributed by atoms with Gasteiger partial charge in [-0.1, -0.05) is 29.8 Å². The molecular weight excluding hydrogens is 310 g/mol. The number of fused-ring (bicyclic) bond motifs is 1. The van der Waals surface area contributed by atoms with E-state index in [9.17, 15) is 4.79 Å². The Hall–Kier alpha value is -2.26. The van der Waals surface area contributed by atoms with Gasteiger partial charge in [0.25, 0.3) is 0 Å². The Morgan fingerprint density at radius 1 is 1.17 bits per heavy atom. The zero-order valence-electron chi connectivity index (χ0n) is 13.3. The molecule has 0 spiro atoms. The van der Waals surface area contributed by atoms with Gasteiger partial charge in [0.15, 0.2) is 6.10 Å². The van der Waals surface area contributed by atoms with Crippen LogP contribution in [0.25, 0.3) is 10.9 Å². The molecule has 0 fully saturated rings. The van der Waals surface area contributed by atoms with Crippen molar-refractivity contribution in [2.75, 3.05) is 0 Å². The standard InChI is InChI=1S/C19H18ClNO2/c1-11-10-14(8-9-16(11)20)23-13(3)19(22)18-12(2)21-17-7-5-4-6-15(17)18/h4-10,13,21H,1-3H3/t13-/m1/s1. The molecule has 4 heteroatoms. The van der Waals surface area contributed by atoms with Crippen molar-refractivity contribution in [3.05, 3.63) is 64.3 Å². The lowest BCUT2D eigenvalue weighted by Gasteiger charge is -2.14. The number of benzene rings is 2. The maximum absolute atomic E-state index is 12.8. The van der Waals surface area contributed by atoms with Gasteiger partial charge in [-0.2, -0.15) is 0 Å². The Balaban J connectivity index is 1.89. The van der Waals surface area contributed by atoms with E-state index in [1.165, 1.54) is 0 Å². The van der Waals surface area contributed by atoms with Crippen molar-refractivity contribution >= 4 is 28.3 Å². The zero-order valence-corrected chi connectivity index (χ0v) is 14.1. The van der Waals surface area contributed by atoms with Gasteiger partial charge in [0.2, 0.25) is 5.78 Å². The number of H-pyrrole nitrogens is 1. The molecule has 0 aliphatic heterocycles. The third-order valence-electron chi connectivity index (χ3n) is 3.95. The summed E-state index contributed by atoms with van der Waals surface area (Å²) in [6, 6.07) is 13.2. The average Bonchev–Trinajstić information content (AvgIpc) is 2.86. The van der Waals surface area contributed by atoms with Crippen LogP contribution in [0.15, 0.2) is 42.5 Å². The Morgan fingerprint density at radius 2 is 1.91 bits per heavy atom. The highest BCUT2D eigenvalue weighted by Crippen LogP contribution is 2.26.